The minimum absolute atomic E-state index is 0.128. The van der Waals surface area contributed by atoms with E-state index in [9.17, 15) is 4.79 Å². The highest BCUT2D eigenvalue weighted by atomic mass is 16.5. The molecule has 154 valence electrons. The molecule has 2 aromatic rings. The minimum Gasteiger partial charge on any atom is -0.491 e. The fourth-order valence-corrected chi connectivity index (χ4v) is 3.58. The molecule has 0 bridgehead atoms. The minimum atomic E-state index is -0.128. The van der Waals surface area contributed by atoms with E-state index < -0.39 is 0 Å². The third-order valence-corrected chi connectivity index (χ3v) is 5.30. The molecule has 1 amide bonds. The van der Waals surface area contributed by atoms with Crippen LogP contribution in [0.3, 0.4) is 0 Å². The van der Waals surface area contributed by atoms with Crippen LogP contribution in [0.25, 0.3) is 0 Å². The average Bonchev–Trinajstić information content (AvgIpc) is 3.28. The fraction of sp³-hybridized carbons (Fsp3) is 0.435. The van der Waals surface area contributed by atoms with Gasteiger partial charge in [0.15, 0.2) is 0 Å². The zero-order valence-corrected chi connectivity index (χ0v) is 16.6. The summed E-state index contributed by atoms with van der Waals surface area (Å²) in [6.07, 6.45) is 2.33. The summed E-state index contributed by atoms with van der Waals surface area (Å²) in [5, 5.41) is 2.95. The average molecular weight is 396 g/mol. The Bertz CT molecular complexity index is 780. The topological polar surface area (TPSA) is 60.0 Å². The number of nitrogens with one attached hydrogen (secondary N) is 1. The van der Waals surface area contributed by atoms with Crippen molar-refractivity contribution in [2.75, 3.05) is 44.8 Å². The Hall–Kier alpha value is -2.41. The molecule has 0 spiro atoms. The number of anilines is 1. The van der Waals surface area contributed by atoms with E-state index in [2.05, 4.69) is 22.3 Å². The third-order valence-electron chi connectivity index (χ3n) is 5.30. The second kappa shape index (κ2) is 9.87. The fourth-order valence-electron chi connectivity index (χ4n) is 3.58. The number of amides is 1. The number of carbonyl (C=O) groups is 1. The predicted octanol–water partition coefficient (Wildman–Crippen LogP) is 3.33. The largest absolute Gasteiger partial charge is 0.491 e. The van der Waals surface area contributed by atoms with Gasteiger partial charge in [-0.2, -0.15) is 0 Å². The molecule has 0 saturated carbocycles. The van der Waals surface area contributed by atoms with Crippen molar-refractivity contribution < 1.29 is 19.0 Å². The highest BCUT2D eigenvalue weighted by molar-refractivity contribution is 6.04. The quantitative estimate of drug-likeness (QED) is 0.778. The van der Waals surface area contributed by atoms with Crippen molar-refractivity contribution in [2.45, 2.75) is 25.5 Å². The van der Waals surface area contributed by atoms with Crippen LogP contribution < -0.4 is 10.1 Å². The molecular formula is C23H28N2O4. The van der Waals surface area contributed by atoms with Gasteiger partial charge in [-0.3, -0.25) is 9.69 Å². The van der Waals surface area contributed by atoms with Gasteiger partial charge in [-0.25, -0.2) is 0 Å². The monoisotopic (exact) mass is 396 g/mol. The van der Waals surface area contributed by atoms with Gasteiger partial charge in [0.2, 0.25) is 0 Å². The summed E-state index contributed by atoms with van der Waals surface area (Å²) in [6, 6.07) is 15.3. The molecule has 0 aliphatic carbocycles. The predicted molar refractivity (Wildman–Crippen MR) is 111 cm³/mol. The summed E-state index contributed by atoms with van der Waals surface area (Å²) < 4.78 is 16.7. The Morgan fingerprint density at radius 3 is 2.48 bits per heavy atom. The molecule has 4 rings (SSSR count). The maximum atomic E-state index is 12.5. The molecule has 6 nitrogen and oxygen atoms in total. The van der Waals surface area contributed by atoms with E-state index in [4.69, 9.17) is 14.2 Å². The van der Waals surface area contributed by atoms with Gasteiger partial charge in [-0.1, -0.05) is 12.1 Å². The van der Waals surface area contributed by atoms with E-state index in [1.165, 1.54) is 5.56 Å². The van der Waals surface area contributed by atoms with Crippen LogP contribution in [0.5, 0.6) is 5.75 Å². The standard InChI is InChI=1S/C23H28N2O4/c26-23(19-5-9-21(10-6-19)29-17-22-2-1-13-28-22)24-20-7-3-18(4-8-20)16-25-11-14-27-15-12-25/h3-10,22H,1-2,11-17H2,(H,24,26)/t22-/m0/s1. The van der Waals surface area contributed by atoms with Crippen molar-refractivity contribution in [2.24, 2.45) is 0 Å². The lowest BCUT2D eigenvalue weighted by Crippen LogP contribution is -2.35. The highest BCUT2D eigenvalue weighted by Crippen LogP contribution is 2.18. The zero-order valence-electron chi connectivity index (χ0n) is 16.6. The molecule has 2 fully saturated rings. The molecule has 2 aliphatic rings. The van der Waals surface area contributed by atoms with Crippen LogP contribution in [0.15, 0.2) is 48.5 Å². The molecule has 2 saturated heterocycles. The Balaban J connectivity index is 1.26. The van der Waals surface area contributed by atoms with Crippen LogP contribution in [-0.2, 0) is 16.0 Å². The van der Waals surface area contributed by atoms with E-state index >= 15 is 0 Å². The summed E-state index contributed by atoms with van der Waals surface area (Å²) in [7, 11) is 0. The van der Waals surface area contributed by atoms with Crippen molar-refractivity contribution in [3.05, 3.63) is 59.7 Å². The number of benzene rings is 2. The van der Waals surface area contributed by atoms with Gasteiger partial charge in [0.1, 0.15) is 12.4 Å². The van der Waals surface area contributed by atoms with Crippen LogP contribution in [0, 0.1) is 0 Å². The number of ether oxygens (including phenoxy) is 3. The number of morpholine rings is 1. The molecule has 6 heteroatoms. The molecule has 0 aromatic heterocycles. The number of hydrogen-bond donors (Lipinski definition) is 1. The summed E-state index contributed by atoms with van der Waals surface area (Å²) in [5.41, 5.74) is 2.63. The van der Waals surface area contributed by atoms with Crippen LogP contribution in [0.2, 0.25) is 0 Å². The van der Waals surface area contributed by atoms with E-state index in [0.29, 0.717) is 12.2 Å². The lowest BCUT2D eigenvalue weighted by Gasteiger charge is -2.26. The zero-order chi connectivity index (χ0) is 19.9. The summed E-state index contributed by atoms with van der Waals surface area (Å²) in [6.45, 7) is 5.81. The van der Waals surface area contributed by atoms with Crippen LogP contribution in [0.1, 0.15) is 28.8 Å². The van der Waals surface area contributed by atoms with Gasteiger partial charge in [-0.05, 0) is 54.8 Å². The Morgan fingerprint density at radius 1 is 1.03 bits per heavy atom. The third kappa shape index (κ3) is 5.79. The van der Waals surface area contributed by atoms with Gasteiger partial charge < -0.3 is 19.5 Å². The first-order valence-electron chi connectivity index (χ1n) is 10.3. The van der Waals surface area contributed by atoms with Crippen molar-refractivity contribution in [3.63, 3.8) is 0 Å². The van der Waals surface area contributed by atoms with Crippen LogP contribution in [0.4, 0.5) is 5.69 Å². The van der Waals surface area contributed by atoms with Crippen molar-refractivity contribution in [1.29, 1.82) is 0 Å². The first-order valence-corrected chi connectivity index (χ1v) is 10.3. The first kappa shape index (κ1) is 19.9. The Labute approximate surface area is 171 Å². The Kier molecular flexibility index (Phi) is 6.77. The molecule has 0 radical (unpaired) electrons. The number of rotatable bonds is 7. The molecular weight excluding hydrogens is 368 g/mol. The Morgan fingerprint density at radius 2 is 1.79 bits per heavy atom. The molecule has 1 N–H and O–H groups in total. The summed E-state index contributed by atoms with van der Waals surface area (Å²) >= 11 is 0. The maximum absolute atomic E-state index is 12.5. The second-order valence-corrected chi connectivity index (χ2v) is 7.51. The number of carbonyl (C=O) groups excluding carboxylic acids is 1. The summed E-state index contributed by atoms with van der Waals surface area (Å²) in [5.74, 6) is 0.626. The molecule has 29 heavy (non-hydrogen) atoms. The van der Waals surface area contributed by atoms with Crippen molar-refractivity contribution in [1.82, 2.24) is 4.90 Å². The van der Waals surface area contributed by atoms with Crippen molar-refractivity contribution in [3.8, 4) is 5.75 Å². The SMILES string of the molecule is O=C(Nc1ccc(CN2CCOCC2)cc1)c1ccc(OC[C@@H]2CCCO2)cc1. The van der Waals surface area contributed by atoms with Gasteiger partial charge in [0, 0.05) is 37.5 Å². The van der Waals surface area contributed by atoms with Gasteiger partial charge in [0.05, 0.1) is 19.3 Å². The number of hydrogen-bond acceptors (Lipinski definition) is 5. The van der Waals surface area contributed by atoms with E-state index in [1.807, 2.05) is 24.3 Å². The van der Waals surface area contributed by atoms with E-state index in [1.54, 1.807) is 12.1 Å². The van der Waals surface area contributed by atoms with Crippen LogP contribution >= 0.6 is 0 Å². The van der Waals surface area contributed by atoms with Gasteiger partial charge >= 0.3 is 0 Å². The normalized spacial score (nSPS) is 19.8. The molecule has 2 heterocycles. The lowest BCUT2D eigenvalue weighted by molar-refractivity contribution is 0.0342. The van der Waals surface area contributed by atoms with E-state index in [0.717, 1.165) is 63.7 Å². The van der Waals surface area contributed by atoms with E-state index in [-0.39, 0.29) is 12.0 Å². The maximum Gasteiger partial charge on any atom is 0.255 e. The molecule has 0 unspecified atom stereocenters. The first-order chi connectivity index (χ1) is 14.3. The molecule has 1 atom stereocenters. The molecule has 2 aromatic carbocycles. The number of nitrogens with zero attached hydrogens (tertiary/aromatic N) is 1. The second-order valence-electron chi connectivity index (χ2n) is 7.51. The highest BCUT2D eigenvalue weighted by Gasteiger charge is 2.16. The molecule has 2 aliphatic heterocycles. The van der Waals surface area contributed by atoms with Gasteiger partial charge in [0.25, 0.3) is 5.91 Å². The van der Waals surface area contributed by atoms with Crippen LogP contribution in [-0.4, -0.2) is 56.4 Å². The van der Waals surface area contributed by atoms with Gasteiger partial charge in [-0.15, -0.1) is 0 Å². The van der Waals surface area contributed by atoms with Crippen molar-refractivity contribution >= 4 is 11.6 Å². The lowest BCUT2D eigenvalue weighted by atomic mass is 10.1. The smallest absolute Gasteiger partial charge is 0.255 e. The summed E-state index contributed by atoms with van der Waals surface area (Å²) in [4.78, 5) is 14.9.